The van der Waals surface area contributed by atoms with Crippen LogP contribution >= 0.6 is 38.9 Å². The third kappa shape index (κ3) is 5.57. The molecule has 0 fully saturated rings. The quantitative estimate of drug-likeness (QED) is 0.138. The summed E-state index contributed by atoms with van der Waals surface area (Å²) in [6.45, 7) is 5.19. The zero-order valence-corrected chi connectivity index (χ0v) is 25.9. The van der Waals surface area contributed by atoms with Crippen molar-refractivity contribution < 1.29 is 23.6 Å². The largest absolute Gasteiger partial charge is 0.496 e. The first kappa shape index (κ1) is 29.5. The van der Waals surface area contributed by atoms with Crippen LogP contribution in [0.25, 0.3) is 17.4 Å². The monoisotopic (exact) mass is 671 g/mol. The highest BCUT2D eigenvalue weighted by molar-refractivity contribution is 9.10. The Morgan fingerprint density at radius 1 is 1.24 bits per heavy atom. The van der Waals surface area contributed by atoms with Gasteiger partial charge in [0.25, 0.3) is 11.2 Å². The lowest BCUT2D eigenvalue weighted by Crippen LogP contribution is -2.40. The number of furan rings is 1. The van der Waals surface area contributed by atoms with Gasteiger partial charge in [-0.05, 0) is 63.2 Å². The van der Waals surface area contributed by atoms with Crippen molar-refractivity contribution in [3.05, 3.63) is 110 Å². The summed E-state index contributed by atoms with van der Waals surface area (Å²) in [6.07, 6.45) is 1.15. The van der Waals surface area contributed by atoms with Gasteiger partial charge >= 0.3 is 5.97 Å². The van der Waals surface area contributed by atoms with Crippen molar-refractivity contribution in [2.45, 2.75) is 32.9 Å². The molecule has 2 aromatic heterocycles. The minimum absolute atomic E-state index is 0.206. The molecule has 0 saturated carbocycles. The van der Waals surface area contributed by atoms with Gasteiger partial charge in [-0.3, -0.25) is 19.5 Å². The van der Waals surface area contributed by atoms with Gasteiger partial charge in [0.15, 0.2) is 4.80 Å². The van der Waals surface area contributed by atoms with Crippen molar-refractivity contribution in [3.8, 4) is 17.1 Å². The number of esters is 1. The van der Waals surface area contributed by atoms with E-state index in [2.05, 4.69) is 20.9 Å². The highest BCUT2D eigenvalue weighted by Crippen LogP contribution is 2.38. The number of benzene rings is 2. The lowest BCUT2D eigenvalue weighted by atomic mass is 9.95. The van der Waals surface area contributed by atoms with E-state index < -0.39 is 28.6 Å². The summed E-state index contributed by atoms with van der Waals surface area (Å²) in [5.41, 5.74) is 0.826. The number of halogens is 2. The number of nitro groups is 1. The number of ether oxygens (including phenoxy) is 2. The molecule has 0 amide bonds. The standard InChI is InChI=1S/C29H23BrClN3O7S/c1-14(2)40-28(36)25-15(3)32-29-33(26(25)20-11-16(30)5-9-22(20)39-4)27(35)24(42-29)13-18-7-10-23(41-18)19-8-6-17(31)12-21(19)34(37)38/h5-14,26H,1-4H3/b24-13-/t26-/m0/s1. The van der Waals surface area contributed by atoms with E-state index in [1.165, 1.54) is 36.0 Å². The summed E-state index contributed by atoms with van der Waals surface area (Å²) in [7, 11) is 1.51. The summed E-state index contributed by atoms with van der Waals surface area (Å²) in [4.78, 5) is 43.3. The Bertz CT molecular complexity index is 1960. The number of thiazole rings is 1. The lowest BCUT2D eigenvalue weighted by Gasteiger charge is -2.26. The van der Waals surface area contributed by atoms with Crippen molar-refractivity contribution >= 4 is 56.6 Å². The molecule has 13 heteroatoms. The van der Waals surface area contributed by atoms with Gasteiger partial charge in [0.2, 0.25) is 0 Å². The molecule has 0 radical (unpaired) electrons. The zero-order valence-electron chi connectivity index (χ0n) is 22.7. The smallest absolute Gasteiger partial charge is 0.338 e. The van der Waals surface area contributed by atoms with E-state index in [0.29, 0.717) is 27.6 Å². The Morgan fingerprint density at radius 3 is 2.69 bits per heavy atom. The number of nitrogens with zero attached hydrogens (tertiary/aromatic N) is 3. The van der Waals surface area contributed by atoms with E-state index in [9.17, 15) is 19.7 Å². The maximum atomic E-state index is 14.0. The molecule has 4 aromatic rings. The van der Waals surface area contributed by atoms with Crippen LogP contribution in [-0.2, 0) is 9.53 Å². The van der Waals surface area contributed by atoms with Crippen LogP contribution in [0.1, 0.15) is 38.1 Å². The maximum absolute atomic E-state index is 14.0. The fraction of sp³-hybridized carbons (Fsp3) is 0.207. The number of fused-ring (bicyclic) bond motifs is 1. The molecule has 0 spiro atoms. The van der Waals surface area contributed by atoms with E-state index in [4.69, 9.17) is 25.5 Å². The van der Waals surface area contributed by atoms with Crippen molar-refractivity contribution in [1.82, 2.24) is 4.57 Å². The minimum atomic E-state index is -0.883. The predicted octanol–water partition coefficient (Wildman–Crippen LogP) is 5.78. The van der Waals surface area contributed by atoms with Gasteiger partial charge < -0.3 is 13.9 Å². The number of allylic oxidation sites excluding steroid dienone is 1. The van der Waals surface area contributed by atoms with Crippen LogP contribution in [0.2, 0.25) is 5.02 Å². The molecule has 216 valence electrons. The number of rotatable bonds is 7. The number of aromatic nitrogens is 1. The second-order valence-electron chi connectivity index (χ2n) is 9.54. The van der Waals surface area contributed by atoms with Crippen LogP contribution in [0.5, 0.6) is 5.75 Å². The second-order valence-corrected chi connectivity index (χ2v) is 11.9. The Balaban J connectivity index is 1.67. The normalized spacial score (nSPS) is 15.0. The first-order valence-corrected chi connectivity index (χ1v) is 14.6. The fourth-order valence-corrected chi connectivity index (χ4v) is 6.21. The molecular formula is C29H23BrClN3O7S. The highest BCUT2D eigenvalue weighted by atomic mass is 79.9. The highest BCUT2D eigenvalue weighted by Gasteiger charge is 2.35. The van der Waals surface area contributed by atoms with Gasteiger partial charge in [0.1, 0.15) is 23.3 Å². The molecule has 10 nitrogen and oxygen atoms in total. The summed E-state index contributed by atoms with van der Waals surface area (Å²) in [5.74, 6) is 0.422. The molecule has 1 aliphatic rings. The molecular weight excluding hydrogens is 650 g/mol. The van der Waals surface area contributed by atoms with Crippen molar-refractivity contribution in [2.24, 2.45) is 4.99 Å². The van der Waals surface area contributed by atoms with Crippen LogP contribution in [-0.4, -0.2) is 28.7 Å². The Kier molecular flexibility index (Phi) is 8.22. The van der Waals surface area contributed by atoms with Crippen LogP contribution in [0.15, 0.2) is 78.5 Å². The molecule has 42 heavy (non-hydrogen) atoms. The van der Waals surface area contributed by atoms with Crippen LogP contribution in [0.4, 0.5) is 5.69 Å². The number of carbonyl (C=O) groups excluding carboxylic acids is 1. The Labute approximate surface area is 256 Å². The summed E-state index contributed by atoms with van der Waals surface area (Å²) >= 11 is 10.6. The van der Waals surface area contributed by atoms with Gasteiger partial charge in [-0.15, -0.1) is 0 Å². The SMILES string of the molecule is COc1ccc(Br)cc1[C@H]1C(C(=O)OC(C)C)=C(C)N=c2s/c(=C\c3ccc(-c4ccc(Cl)cc4[N+](=O)[O-])o3)c(=O)n21. The van der Waals surface area contributed by atoms with E-state index in [1.54, 1.807) is 51.1 Å². The molecule has 0 saturated heterocycles. The Morgan fingerprint density at radius 2 is 2.00 bits per heavy atom. The minimum Gasteiger partial charge on any atom is -0.496 e. The molecule has 0 bridgehead atoms. The summed E-state index contributed by atoms with van der Waals surface area (Å²) < 4.78 is 19.5. The van der Waals surface area contributed by atoms with Crippen LogP contribution in [0.3, 0.4) is 0 Å². The zero-order chi connectivity index (χ0) is 30.3. The van der Waals surface area contributed by atoms with Gasteiger partial charge in [-0.1, -0.05) is 38.9 Å². The molecule has 5 rings (SSSR count). The van der Waals surface area contributed by atoms with Crippen molar-refractivity contribution in [1.29, 1.82) is 0 Å². The van der Waals surface area contributed by atoms with Gasteiger partial charge in [0.05, 0.1) is 39.5 Å². The molecule has 3 heterocycles. The number of methoxy groups -OCH3 is 1. The molecule has 0 N–H and O–H groups in total. The fourth-order valence-electron chi connectivity index (χ4n) is 4.64. The van der Waals surface area contributed by atoms with E-state index >= 15 is 0 Å². The number of hydrogen-bond donors (Lipinski definition) is 0. The van der Waals surface area contributed by atoms with Crippen LogP contribution < -0.4 is 19.6 Å². The molecule has 0 aliphatic carbocycles. The Hall–Kier alpha value is -4.00. The number of hydrogen-bond acceptors (Lipinski definition) is 9. The summed E-state index contributed by atoms with van der Waals surface area (Å²) in [6, 6.07) is 11.9. The average Bonchev–Trinajstić information content (AvgIpc) is 3.51. The third-order valence-corrected chi connectivity index (χ3v) is 8.10. The first-order valence-electron chi connectivity index (χ1n) is 12.6. The van der Waals surface area contributed by atoms with Crippen molar-refractivity contribution in [2.75, 3.05) is 7.11 Å². The second kappa shape index (κ2) is 11.7. The summed E-state index contributed by atoms with van der Waals surface area (Å²) in [5, 5.41) is 11.8. The number of carbonyl (C=O) groups is 1. The third-order valence-electron chi connectivity index (χ3n) is 6.39. The van der Waals surface area contributed by atoms with Crippen LogP contribution in [0, 0.1) is 10.1 Å². The lowest BCUT2D eigenvalue weighted by molar-refractivity contribution is -0.384. The first-order chi connectivity index (χ1) is 20.0. The van der Waals surface area contributed by atoms with E-state index in [-0.39, 0.29) is 32.1 Å². The molecule has 1 atom stereocenters. The average molecular weight is 673 g/mol. The maximum Gasteiger partial charge on any atom is 0.338 e. The van der Waals surface area contributed by atoms with Gasteiger partial charge in [0, 0.05) is 27.2 Å². The van der Waals surface area contributed by atoms with E-state index in [1.807, 2.05) is 0 Å². The molecule has 0 unspecified atom stereocenters. The number of nitro benzene ring substituents is 1. The van der Waals surface area contributed by atoms with Gasteiger partial charge in [-0.25, -0.2) is 9.79 Å². The molecule has 1 aliphatic heterocycles. The van der Waals surface area contributed by atoms with E-state index in [0.717, 1.165) is 15.8 Å². The van der Waals surface area contributed by atoms with Gasteiger partial charge in [-0.2, -0.15) is 0 Å². The molecule has 2 aromatic carbocycles. The predicted molar refractivity (Wildman–Crippen MR) is 161 cm³/mol. The van der Waals surface area contributed by atoms with Crippen molar-refractivity contribution in [3.63, 3.8) is 0 Å². The topological polar surface area (TPSA) is 126 Å².